The number of hydrogen-bond acceptors (Lipinski definition) is 5. The number of carbonyl (C=O) groups is 1. The van der Waals surface area contributed by atoms with Gasteiger partial charge in [-0.3, -0.25) is 14.7 Å². The molecule has 1 aliphatic heterocycles. The molecule has 1 fully saturated rings. The van der Waals surface area contributed by atoms with Gasteiger partial charge in [0.15, 0.2) is 5.82 Å². The van der Waals surface area contributed by atoms with Gasteiger partial charge in [0.05, 0.1) is 22.8 Å². The van der Waals surface area contributed by atoms with Gasteiger partial charge in [-0.15, -0.1) is 0 Å². The number of benzene rings is 1. The molecule has 0 spiro atoms. The molecule has 0 atom stereocenters. The third-order valence-electron chi connectivity index (χ3n) is 5.84. The lowest BCUT2D eigenvalue weighted by molar-refractivity contribution is 0.0636. The van der Waals surface area contributed by atoms with E-state index in [9.17, 15) is 9.59 Å². The van der Waals surface area contributed by atoms with Gasteiger partial charge in [-0.1, -0.05) is 6.07 Å². The smallest absolute Gasteiger partial charge is 0.280 e. The number of pyridine rings is 1. The second-order valence-corrected chi connectivity index (χ2v) is 7.97. The lowest BCUT2D eigenvalue weighted by Crippen LogP contribution is -2.27. The normalized spacial score (nSPS) is 14.1. The van der Waals surface area contributed by atoms with Crippen molar-refractivity contribution in [2.45, 2.75) is 26.2 Å². The molecule has 8 nitrogen and oxygen atoms in total. The molecular formula is C24H25N5O3. The van der Waals surface area contributed by atoms with Gasteiger partial charge in [0, 0.05) is 32.2 Å². The summed E-state index contributed by atoms with van der Waals surface area (Å²) in [5.74, 6) is 0.813. The number of carbonyl (C=O) groups excluding carboxylic acids is 1. The van der Waals surface area contributed by atoms with Crippen molar-refractivity contribution in [3.05, 3.63) is 69.8 Å². The number of rotatable bonds is 6. The highest BCUT2D eigenvalue weighted by Crippen LogP contribution is 2.21. The number of aromatic nitrogens is 3. The van der Waals surface area contributed by atoms with Crippen LogP contribution in [0.1, 0.15) is 40.7 Å². The first-order valence-corrected chi connectivity index (χ1v) is 10.7. The fourth-order valence-corrected chi connectivity index (χ4v) is 3.95. The number of nitriles is 1. The van der Waals surface area contributed by atoms with Crippen molar-refractivity contribution in [2.75, 3.05) is 19.8 Å². The molecule has 0 saturated carbocycles. The Hall–Kier alpha value is -3.70. The van der Waals surface area contributed by atoms with Crippen LogP contribution in [0.5, 0.6) is 0 Å². The van der Waals surface area contributed by atoms with Crippen LogP contribution in [0.2, 0.25) is 0 Å². The van der Waals surface area contributed by atoms with Crippen LogP contribution in [0.3, 0.4) is 0 Å². The molecule has 1 saturated heterocycles. The molecule has 3 heterocycles. The molecule has 164 valence electrons. The summed E-state index contributed by atoms with van der Waals surface area (Å²) in [5, 5.41) is 14.9. The summed E-state index contributed by atoms with van der Waals surface area (Å²) in [7, 11) is 0. The van der Waals surface area contributed by atoms with Gasteiger partial charge >= 0.3 is 0 Å². The summed E-state index contributed by atoms with van der Waals surface area (Å²) >= 11 is 0. The zero-order valence-corrected chi connectivity index (χ0v) is 17.9. The number of nitrogens with one attached hydrogen (secondary N) is 2. The summed E-state index contributed by atoms with van der Waals surface area (Å²) in [6.45, 7) is 4.08. The Morgan fingerprint density at radius 1 is 1.28 bits per heavy atom. The Balaban J connectivity index is 1.43. The van der Waals surface area contributed by atoms with Gasteiger partial charge < -0.3 is 10.1 Å². The second kappa shape index (κ2) is 9.62. The summed E-state index contributed by atoms with van der Waals surface area (Å²) in [6, 6.07) is 10.6. The van der Waals surface area contributed by atoms with E-state index in [4.69, 9.17) is 10.00 Å². The van der Waals surface area contributed by atoms with Crippen LogP contribution in [0.25, 0.3) is 16.9 Å². The van der Waals surface area contributed by atoms with E-state index in [1.54, 1.807) is 36.5 Å². The Morgan fingerprint density at radius 2 is 2.09 bits per heavy atom. The molecule has 32 heavy (non-hydrogen) atoms. The number of amides is 1. The summed E-state index contributed by atoms with van der Waals surface area (Å²) < 4.78 is 6.69. The molecular weight excluding hydrogens is 406 g/mol. The quantitative estimate of drug-likeness (QED) is 0.623. The highest BCUT2D eigenvalue weighted by Gasteiger charge is 2.16. The predicted molar refractivity (Wildman–Crippen MR) is 120 cm³/mol. The Kier molecular flexibility index (Phi) is 6.47. The van der Waals surface area contributed by atoms with E-state index in [2.05, 4.69) is 21.5 Å². The van der Waals surface area contributed by atoms with Crippen molar-refractivity contribution < 1.29 is 9.53 Å². The van der Waals surface area contributed by atoms with Gasteiger partial charge in [-0.2, -0.15) is 5.26 Å². The molecule has 8 heteroatoms. The zero-order valence-electron chi connectivity index (χ0n) is 17.9. The highest BCUT2D eigenvalue weighted by molar-refractivity contribution is 5.93. The Bertz CT molecular complexity index is 1200. The zero-order chi connectivity index (χ0) is 22.5. The van der Waals surface area contributed by atoms with Crippen molar-refractivity contribution in [1.82, 2.24) is 20.1 Å². The SMILES string of the molecule is Cc1cc(C#N)ccc1-c1c[nH]n(-c2ccc(C(=O)NCCC3CCOCC3)cn2)c1=O. The van der Waals surface area contributed by atoms with Crippen molar-refractivity contribution in [1.29, 1.82) is 5.26 Å². The summed E-state index contributed by atoms with van der Waals surface area (Å²) in [5.41, 5.74) is 2.83. The number of H-pyrrole nitrogens is 1. The van der Waals surface area contributed by atoms with Gasteiger partial charge in [0.1, 0.15) is 0 Å². The van der Waals surface area contributed by atoms with Crippen molar-refractivity contribution in [3.8, 4) is 23.0 Å². The van der Waals surface area contributed by atoms with Gasteiger partial charge in [-0.25, -0.2) is 9.67 Å². The van der Waals surface area contributed by atoms with E-state index in [0.29, 0.717) is 35.0 Å². The third kappa shape index (κ3) is 4.63. The number of aromatic amines is 1. The third-order valence-corrected chi connectivity index (χ3v) is 5.84. The fourth-order valence-electron chi connectivity index (χ4n) is 3.95. The van der Waals surface area contributed by atoms with Crippen molar-refractivity contribution in [3.63, 3.8) is 0 Å². The van der Waals surface area contributed by atoms with E-state index in [1.807, 2.05) is 6.92 Å². The molecule has 2 N–H and O–H groups in total. The van der Waals surface area contributed by atoms with Crippen LogP contribution in [0.4, 0.5) is 0 Å². The molecule has 0 aliphatic carbocycles. The topological polar surface area (TPSA) is 113 Å². The monoisotopic (exact) mass is 431 g/mol. The number of nitrogens with zero attached hydrogens (tertiary/aromatic N) is 3. The molecule has 0 radical (unpaired) electrons. The highest BCUT2D eigenvalue weighted by atomic mass is 16.5. The molecule has 4 rings (SSSR count). The second-order valence-electron chi connectivity index (χ2n) is 7.97. The Morgan fingerprint density at radius 3 is 2.78 bits per heavy atom. The van der Waals surface area contributed by atoms with E-state index < -0.39 is 0 Å². The first-order chi connectivity index (χ1) is 15.6. The van der Waals surface area contributed by atoms with Crippen LogP contribution in [0.15, 0.2) is 47.5 Å². The fraction of sp³-hybridized carbons (Fsp3) is 0.333. The minimum Gasteiger partial charge on any atom is -0.381 e. The number of aryl methyl sites for hydroxylation is 1. The van der Waals surface area contributed by atoms with Crippen LogP contribution >= 0.6 is 0 Å². The Labute approximate surface area is 185 Å². The predicted octanol–water partition coefficient (Wildman–Crippen LogP) is 2.95. The van der Waals surface area contributed by atoms with Gasteiger partial charge in [-0.05, 0) is 67.5 Å². The summed E-state index contributed by atoms with van der Waals surface area (Å²) in [6.07, 6.45) is 6.12. The van der Waals surface area contributed by atoms with E-state index in [1.165, 1.54) is 10.9 Å². The van der Waals surface area contributed by atoms with E-state index >= 15 is 0 Å². The van der Waals surface area contributed by atoms with Gasteiger partial charge in [0.25, 0.3) is 11.5 Å². The molecule has 1 aromatic carbocycles. The molecule has 2 aromatic heterocycles. The molecule has 0 unspecified atom stereocenters. The maximum Gasteiger partial charge on any atom is 0.280 e. The first kappa shape index (κ1) is 21.5. The van der Waals surface area contributed by atoms with E-state index in [-0.39, 0.29) is 11.5 Å². The minimum absolute atomic E-state index is 0.177. The molecule has 0 bridgehead atoms. The largest absolute Gasteiger partial charge is 0.381 e. The average molecular weight is 431 g/mol. The number of ether oxygens (including phenoxy) is 1. The molecule has 1 aliphatic rings. The van der Waals surface area contributed by atoms with Crippen LogP contribution < -0.4 is 10.9 Å². The molecule has 1 amide bonds. The van der Waals surface area contributed by atoms with Crippen molar-refractivity contribution in [2.24, 2.45) is 5.92 Å². The van der Waals surface area contributed by atoms with E-state index in [0.717, 1.165) is 43.6 Å². The van der Waals surface area contributed by atoms with Gasteiger partial charge in [0.2, 0.25) is 0 Å². The van der Waals surface area contributed by atoms with Crippen LogP contribution in [-0.2, 0) is 4.74 Å². The van der Waals surface area contributed by atoms with Crippen molar-refractivity contribution >= 4 is 5.91 Å². The summed E-state index contributed by atoms with van der Waals surface area (Å²) in [4.78, 5) is 29.6. The molecule has 3 aromatic rings. The van der Waals surface area contributed by atoms with Crippen LogP contribution in [-0.4, -0.2) is 40.4 Å². The standard InChI is InChI=1S/C24H25N5O3/c1-16-12-18(13-25)2-4-20(16)21-15-28-29(24(21)31)22-5-3-19(14-27-22)23(30)26-9-6-17-7-10-32-11-8-17/h2-5,12,14-15,17,28H,6-11H2,1H3,(H,26,30). The first-order valence-electron chi connectivity index (χ1n) is 10.7. The minimum atomic E-state index is -0.251. The lowest BCUT2D eigenvalue weighted by atomic mass is 9.97. The lowest BCUT2D eigenvalue weighted by Gasteiger charge is -2.21. The van der Waals surface area contributed by atoms with Crippen LogP contribution in [0, 0.1) is 24.2 Å². The average Bonchev–Trinajstić information content (AvgIpc) is 3.20. The number of hydrogen-bond donors (Lipinski definition) is 2. The maximum absolute atomic E-state index is 12.9. The maximum atomic E-state index is 12.9.